The Morgan fingerprint density at radius 1 is 1.30 bits per heavy atom. The summed E-state index contributed by atoms with van der Waals surface area (Å²) in [5.74, 6) is 0.710. The zero-order valence-electron chi connectivity index (χ0n) is 11.1. The van der Waals surface area contributed by atoms with E-state index in [9.17, 15) is 0 Å². The van der Waals surface area contributed by atoms with E-state index in [0.717, 1.165) is 52.0 Å². The van der Waals surface area contributed by atoms with Crippen LogP contribution in [-0.2, 0) is 19.4 Å². The van der Waals surface area contributed by atoms with Gasteiger partial charge in [-0.3, -0.25) is 4.98 Å². The van der Waals surface area contributed by atoms with E-state index >= 15 is 0 Å². The molecule has 0 unspecified atom stereocenters. The van der Waals surface area contributed by atoms with Crippen LogP contribution in [0.1, 0.15) is 23.9 Å². The van der Waals surface area contributed by atoms with Gasteiger partial charge in [-0.15, -0.1) is 0 Å². The molecule has 0 atom stereocenters. The van der Waals surface area contributed by atoms with Gasteiger partial charge in [0.15, 0.2) is 5.82 Å². The fourth-order valence-corrected chi connectivity index (χ4v) is 3.56. The second kappa shape index (κ2) is 5.87. The molecule has 3 heterocycles. The molecule has 0 fully saturated rings. The molecule has 0 aromatic carbocycles. The molecule has 2 aromatic rings. The number of hydrogen-bond donors (Lipinski definition) is 1. The molecule has 20 heavy (non-hydrogen) atoms. The molecule has 0 amide bonds. The van der Waals surface area contributed by atoms with Crippen molar-refractivity contribution < 1.29 is 0 Å². The Morgan fingerprint density at radius 2 is 2.15 bits per heavy atom. The Labute approximate surface area is 134 Å². The highest BCUT2D eigenvalue weighted by atomic mass is 79.9. The first-order valence-corrected chi connectivity index (χ1v) is 8.18. The van der Waals surface area contributed by atoms with Gasteiger partial charge in [0.05, 0.1) is 5.69 Å². The molecule has 0 radical (unpaired) electrons. The van der Waals surface area contributed by atoms with Crippen molar-refractivity contribution in [3.8, 4) is 11.5 Å². The number of hydrogen-bond acceptors (Lipinski definition) is 4. The number of rotatable bonds is 2. The molecule has 1 N–H and O–H groups in total. The van der Waals surface area contributed by atoms with Gasteiger partial charge in [0.25, 0.3) is 0 Å². The van der Waals surface area contributed by atoms with Crippen LogP contribution in [0.2, 0.25) is 0 Å². The van der Waals surface area contributed by atoms with E-state index in [1.807, 2.05) is 6.07 Å². The van der Waals surface area contributed by atoms with E-state index < -0.39 is 0 Å². The van der Waals surface area contributed by atoms with Gasteiger partial charge in [-0.1, -0.05) is 6.92 Å². The molecule has 2 aromatic heterocycles. The van der Waals surface area contributed by atoms with Crippen molar-refractivity contribution in [3.05, 3.63) is 38.2 Å². The summed E-state index contributed by atoms with van der Waals surface area (Å²) in [5, 5.41) is 3.38. The van der Waals surface area contributed by atoms with E-state index in [2.05, 4.69) is 49.1 Å². The Hall–Kier alpha value is -0.850. The van der Waals surface area contributed by atoms with Crippen molar-refractivity contribution >= 4 is 31.9 Å². The summed E-state index contributed by atoms with van der Waals surface area (Å²) in [6.45, 7) is 3.97. The van der Waals surface area contributed by atoms with Crippen LogP contribution < -0.4 is 5.32 Å². The summed E-state index contributed by atoms with van der Waals surface area (Å²) in [6.07, 6.45) is 3.63. The average Bonchev–Trinajstić information content (AvgIpc) is 2.46. The van der Waals surface area contributed by atoms with Crippen molar-refractivity contribution in [2.24, 2.45) is 0 Å². The molecular weight excluding hydrogens is 384 g/mol. The van der Waals surface area contributed by atoms with Gasteiger partial charge in [0.2, 0.25) is 0 Å². The number of fused-ring (bicyclic) bond motifs is 1. The molecule has 4 nitrogen and oxygen atoms in total. The van der Waals surface area contributed by atoms with Crippen molar-refractivity contribution in [1.82, 2.24) is 20.3 Å². The highest BCUT2D eigenvalue weighted by Crippen LogP contribution is 2.28. The summed E-state index contributed by atoms with van der Waals surface area (Å²) in [6, 6.07) is 1.97. The van der Waals surface area contributed by atoms with Crippen LogP contribution in [0.4, 0.5) is 0 Å². The van der Waals surface area contributed by atoms with Crippen molar-refractivity contribution in [2.45, 2.75) is 26.3 Å². The minimum absolute atomic E-state index is 0.710. The maximum Gasteiger partial charge on any atom is 0.179 e. The van der Waals surface area contributed by atoms with Crippen LogP contribution in [0.15, 0.2) is 21.2 Å². The van der Waals surface area contributed by atoms with E-state index in [1.54, 1.807) is 6.20 Å². The fraction of sp³-hybridized carbons (Fsp3) is 0.357. The quantitative estimate of drug-likeness (QED) is 0.844. The van der Waals surface area contributed by atoms with E-state index in [0.29, 0.717) is 5.82 Å². The molecule has 6 heteroatoms. The Balaban J connectivity index is 2.14. The summed E-state index contributed by atoms with van der Waals surface area (Å²) in [5.41, 5.74) is 4.33. The molecule has 1 aliphatic rings. The first kappa shape index (κ1) is 14.1. The second-order valence-electron chi connectivity index (χ2n) is 4.68. The van der Waals surface area contributed by atoms with Crippen molar-refractivity contribution in [1.29, 1.82) is 0 Å². The van der Waals surface area contributed by atoms with Gasteiger partial charge in [-0.25, -0.2) is 9.97 Å². The summed E-state index contributed by atoms with van der Waals surface area (Å²) in [4.78, 5) is 13.9. The fourth-order valence-electron chi connectivity index (χ4n) is 2.39. The summed E-state index contributed by atoms with van der Waals surface area (Å²) in [7, 11) is 0. The Bertz CT molecular complexity index is 641. The molecule has 104 valence electrons. The van der Waals surface area contributed by atoms with Crippen LogP contribution in [0.3, 0.4) is 0 Å². The van der Waals surface area contributed by atoms with Crippen LogP contribution in [0, 0.1) is 0 Å². The third-order valence-corrected chi connectivity index (χ3v) is 4.41. The maximum absolute atomic E-state index is 4.72. The minimum atomic E-state index is 0.710. The lowest BCUT2D eigenvalue weighted by atomic mass is 10.0. The zero-order valence-corrected chi connectivity index (χ0v) is 14.3. The van der Waals surface area contributed by atoms with Gasteiger partial charge >= 0.3 is 0 Å². The third-order valence-electron chi connectivity index (χ3n) is 3.37. The number of nitrogens with zero attached hydrogens (tertiary/aromatic N) is 3. The normalized spacial score (nSPS) is 14.2. The number of halogens is 2. The van der Waals surface area contributed by atoms with Crippen molar-refractivity contribution in [3.63, 3.8) is 0 Å². The molecule has 0 bridgehead atoms. The molecule has 1 aliphatic heterocycles. The van der Waals surface area contributed by atoms with Gasteiger partial charge in [0, 0.05) is 45.9 Å². The van der Waals surface area contributed by atoms with Gasteiger partial charge in [-0.05, 0) is 44.3 Å². The SMILES string of the molecule is CCc1nc(-c2ncc(Br)cc2Br)nc2c1CNCC2. The summed E-state index contributed by atoms with van der Waals surface area (Å²) < 4.78 is 1.84. The van der Waals surface area contributed by atoms with Crippen LogP contribution in [0.25, 0.3) is 11.5 Å². The first-order chi connectivity index (χ1) is 9.69. The zero-order chi connectivity index (χ0) is 14.1. The number of nitrogens with one attached hydrogen (secondary N) is 1. The number of aromatic nitrogens is 3. The minimum Gasteiger partial charge on any atom is -0.312 e. The smallest absolute Gasteiger partial charge is 0.179 e. The van der Waals surface area contributed by atoms with Crippen LogP contribution >= 0.6 is 31.9 Å². The number of pyridine rings is 1. The average molecular weight is 398 g/mol. The molecule has 0 spiro atoms. The Morgan fingerprint density at radius 3 is 2.90 bits per heavy atom. The molecule has 3 rings (SSSR count). The van der Waals surface area contributed by atoms with Crippen LogP contribution in [-0.4, -0.2) is 21.5 Å². The third kappa shape index (κ3) is 2.64. The molecule has 0 saturated carbocycles. The first-order valence-electron chi connectivity index (χ1n) is 6.60. The van der Waals surface area contributed by atoms with Gasteiger partial charge in [0.1, 0.15) is 5.69 Å². The van der Waals surface area contributed by atoms with E-state index in [-0.39, 0.29) is 0 Å². The largest absolute Gasteiger partial charge is 0.312 e. The topological polar surface area (TPSA) is 50.7 Å². The number of aryl methyl sites for hydroxylation is 1. The predicted octanol–water partition coefficient (Wildman–Crippen LogP) is 3.27. The van der Waals surface area contributed by atoms with Crippen LogP contribution in [0.5, 0.6) is 0 Å². The van der Waals surface area contributed by atoms with Gasteiger partial charge < -0.3 is 5.32 Å². The second-order valence-corrected chi connectivity index (χ2v) is 6.45. The predicted molar refractivity (Wildman–Crippen MR) is 85.5 cm³/mol. The Kier molecular flexibility index (Phi) is 4.14. The molecule has 0 aliphatic carbocycles. The molecular formula is C14H14Br2N4. The monoisotopic (exact) mass is 396 g/mol. The lowest BCUT2D eigenvalue weighted by Gasteiger charge is -2.19. The standard InChI is InChI=1S/C14H14Br2N4/c1-2-11-9-7-17-4-3-12(9)20-14(19-11)13-10(16)5-8(15)6-18-13/h5-6,17H,2-4,7H2,1H3. The molecule has 0 saturated heterocycles. The highest BCUT2D eigenvalue weighted by Gasteiger charge is 2.18. The van der Waals surface area contributed by atoms with E-state index in [1.165, 1.54) is 5.56 Å². The maximum atomic E-state index is 4.72. The lowest BCUT2D eigenvalue weighted by molar-refractivity contribution is 0.618. The summed E-state index contributed by atoms with van der Waals surface area (Å²) >= 11 is 6.96. The van der Waals surface area contributed by atoms with Gasteiger partial charge in [-0.2, -0.15) is 0 Å². The van der Waals surface area contributed by atoms with Crippen molar-refractivity contribution in [2.75, 3.05) is 6.54 Å². The van der Waals surface area contributed by atoms with E-state index in [4.69, 9.17) is 9.97 Å². The lowest BCUT2D eigenvalue weighted by Crippen LogP contribution is -2.26. The highest BCUT2D eigenvalue weighted by molar-refractivity contribution is 9.11.